The molecule has 3 rings (SSSR count). The van der Waals surface area contributed by atoms with Gasteiger partial charge < -0.3 is 10.4 Å². The van der Waals surface area contributed by atoms with Crippen molar-refractivity contribution in [3.63, 3.8) is 0 Å². The Morgan fingerprint density at radius 1 is 1.10 bits per heavy atom. The summed E-state index contributed by atoms with van der Waals surface area (Å²) in [6.07, 6.45) is 0. The third kappa shape index (κ3) is 2.69. The molecular formula is C17H14N2O2. The van der Waals surface area contributed by atoms with Crippen molar-refractivity contribution in [1.29, 1.82) is 0 Å². The lowest BCUT2D eigenvalue weighted by Gasteiger charge is -2.10. The van der Waals surface area contributed by atoms with Gasteiger partial charge in [0.15, 0.2) is 0 Å². The Labute approximate surface area is 122 Å². The Morgan fingerprint density at radius 3 is 2.52 bits per heavy atom. The van der Waals surface area contributed by atoms with Crippen LogP contribution in [0.4, 0.5) is 11.5 Å². The van der Waals surface area contributed by atoms with Gasteiger partial charge in [0.2, 0.25) is 0 Å². The molecule has 104 valence electrons. The number of carbonyl (C=O) groups is 1. The minimum atomic E-state index is -0.930. The quantitative estimate of drug-likeness (QED) is 0.760. The fourth-order valence-corrected chi connectivity index (χ4v) is 2.26. The molecule has 0 fully saturated rings. The number of anilines is 2. The normalized spacial score (nSPS) is 10.5. The average Bonchev–Trinajstić information content (AvgIpc) is 2.47. The van der Waals surface area contributed by atoms with Gasteiger partial charge in [-0.2, -0.15) is 0 Å². The number of carboxylic acids is 1. The van der Waals surface area contributed by atoms with Crippen molar-refractivity contribution in [2.24, 2.45) is 0 Å². The smallest absolute Gasteiger partial charge is 0.335 e. The summed E-state index contributed by atoms with van der Waals surface area (Å²) < 4.78 is 0. The molecular weight excluding hydrogens is 264 g/mol. The molecule has 0 unspecified atom stereocenters. The van der Waals surface area contributed by atoms with E-state index in [1.165, 1.54) is 0 Å². The van der Waals surface area contributed by atoms with Gasteiger partial charge in [-0.3, -0.25) is 0 Å². The number of aromatic nitrogens is 1. The average molecular weight is 278 g/mol. The lowest BCUT2D eigenvalue weighted by atomic mass is 10.1. The van der Waals surface area contributed by atoms with E-state index in [2.05, 4.69) is 10.3 Å². The van der Waals surface area contributed by atoms with Crippen LogP contribution in [0, 0.1) is 6.92 Å². The van der Waals surface area contributed by atoms with Gasteiger partial charge in [-0.05, 0) is 42.6 Å². The third-order valence-electron chi connectivity index (χ3n) is 3.26. The molecule has 2 N–H and O–H groups in total. The number of benzene rings is 2. The van der Waals surface area contributed by atoms with Gasteiger partial charge in [0, 0.05) is 16.8 Å². The summed E-state index contributed by atoms with van der Waals surface area (Å²) in [4.78, 5) is 15.4. The van der Waals surface area contributed by atoms with E-state index >= 15 is 0 Å². The van der Waals surface area contributed by atoms with Gasteiger partial charge >= 0.3 is 5.97 Å². The number of nitrogens with one attached hydrogen (secondary N) is 1. The molecule has 21 heavy (non-hydrogen) atoms. The predicted octanol–water partition coefficient (Wildman–Crippen LogP) is 3.99. The summed E-state index contributed by atoms with van der Waals surface area (Å²) in [5.41, 5.74) is 2.00. The van der Waals surface area contributed by atoms with Gasteiger partial charge in [0.05, 0.1) is 5.56 Å². The molecule has 2 aromatic carbocycles. The number of nitrogens with zero attached hydrogens (tertiary/aromatic N) is 1. The van der Waals surface area contributed by atoms with Crippen LogP contribution in [0.15, 0.2) is 54.6 Å². The van der Waals surface area contributed by atoms with E-state index in [1.54, 1.807) is 24.3 Å². The fraction of sp³-hybridized carbons (Fsp3) is 0.0588. The molecule has 0 atom stereocenters. The Hall–Kier alpha value is -2.88. The number of hydrogen-bond acceptors (Lipinski definition) is 3. The van der Waals surface area contributed by atoms with Crippen molar-refractivity contribution in [2.45, 2.75) is 6.92 Å². The second-order valence-electron chi connectivity index (χ2n) is 4.84. The van der Waals surface area contributed by atoms with Crippen molar-refractivity contribution in [3.8, 4) is 0 Å². The van der Waals surface area contributed by atoms with Crippen molar-refractivity contribution < 1.29 is 9.90 Å². The lowest BCUT2D eigenvalue weighted by Crippen LogP contribution is -1.99. The monoisotopic (exact) mass is 278 g/mol. The SMILES string of the molecule is Cc1cc2ccccc2c(Nc2ccc(C(=O)O)cc2)n1. The molecule has 0 aliphatic carbocycles. The largest absolute Gasteiger partial charge is 0.478 e. The minimum absolute atomic E-state index is 0.266. The highest BCUT2D eigenvalue weighted by Gasteiger charge is 2.06. The van der Waals surface area contributed by atoms with Crippen LogP contribution in [0.1, 0.15) is 16.1 Å². The Balaban J connectivity index is 1.99. The second-order valence-corrected chi connectivity index (χ2v) is 4.84. The zero-order valence-corrected chi connectivity index (χ0v) is 11.5. The highest BCUT2D eigenvalue weighted by molar-refractivity contribution is 5.94. The highest BCUT2D eigenvalue weighted by Crippen LogP contribution is 2.25. The van der Waals surface area contributed by atoms with Crippen LogP contribution in [-0.4, -0.2) is 16.1 Å². The zero-order valence-electron chi connectivity index (χ0n) is 11.5. The maximum absolute atomic E-state index is 10.9. The molecule has 0 aliphatic rings. The van der Waals surface area contributed by atoms with E-state index in [0.29, 0.717) is 0 Å². The van der Waals surface area contributed by atoms with E-state index < -0.39 is 5.97 Å². The zero-order chi connectivity index (χ0) is 14.8. The van der Waals surface area contributed by atoms with Gasteiger partial charge in [0.1, 0.15) is 5.82 Å². The summed E-state index contributed by atoms with van der Waals surface area (Å²) in [5, 5.41) is 14.3. The molecule has 0 radical (unpaired) electrons. The molecule has 1 aromatic heterocycles. The van der Waals surface area contributed by atoms with E-state index in [1.807, 2.05) is 37.3 Å². The van der Waals surface area contributed by atoms with Crippen LogP contribution in [0.3, 0.4) is 0 Å². The van der Waals surface area contributed by atoms with Crippen LogP contribution in [0.25, 0.3) is 10.8 Å². The number of hydrogen-bond donors (Lipinski definition) is 2. The van der Waals surface area contributed by atoms with Crippen LogP contribution in [-0.2, 0) is 0 Å². The van der Waals surface area contributed by atoms with E-state index in [-0.39, 0.29) is 5.56 Å². The molecule has 4 heteroatoms. The number of aromatic carboxylic acids is 1. The van der Waals surface area contributed by atoms with Crippen LogP contribution in [0.5, 0.6) is 0 Å². The number of fused-ring (bicyclic) bond motifs is 1. The van der Waals surface area contributed by atoms with Crippen molar-refractivity contribution in [3.05, 3.63) is 65.9 Å². The number of rotatable bonds is 3. The first-order valence-electron chi connectivity index (χ1n) is 6.60. The topological polar surface area (TPSA) is 62.2 Å². The maximum Gasteiger partial charge on any atom is 0.335 e. The minimum Gasteiger partial charge on any atom is -0.478 e. The molecule has 0 saturated carbocycles. The fourth-order valence-electron chi connectivity index (χ4n) is 2.26. The Kier molecular flexibility index (Phi) is 3.28. The van der Waals surface area contributed by atoms with E-state index in [0.717, 1.165) is 28.0 Å². The van der Waals surface area contributed by atoms with Crippen molar-refractivity contribution in [2.75, 3.05) is 5.32 Å². The lowest BCUT2D eigenvalue weighted by molar-refractivity contribution is 0.0697. The third-order valence-corrected chi connectivity index (χ3v) is 3.26. The molecule has 0 aliphatic heterocycles. The first-order valence-corrected chi connectivity index (χ1v) is 6.60. The molecule has 0 amide bonds. The first kappa shape index (κ1) is 13.1. The number of carboxylic acid groups (broad SMARTS) is 1. The standard InChI is InChI=1S/C17H14N2O2/c1-11-10-13-4-2-3-5-15(13)16(18-11)19-14-8-6-12(7-9-14)17(20)21/h2-10H,1H3,(H,18,19)(H,20,21). The summed E-state index contributed by atoms with van der Waals surface area (Å²) in [7, 11) is 0. The highest BCUT2D eigenvalue weighted by atomic mass is 16.4. The maximum atomic E-state index is 10.9. The van der Waals surface area contributed by atoms with Crippen LogP contribution in [0.2, 0.25) is 0 Å². The van der Waals surface area contributed by atoms with Gasteiger partial charge in [-0.1, -0.05) is 24.3 Å². The van der Waals surface area contributed by atoms with Gasteiger partial charge in [-0.15, -0.1) is 0 Å². The Morgan fingerprint density at radius 2 is 1.81 bits per heavy atom. The van der Waals surface area contributed by atoms with Gasteiger partial charge in [0.25, 0.3) is 0 Å². The molecule has 4 nitrogen and oxygen atoms in total. The summed E-state index contributed by atoms with van der Waals surface area (Å²) >= 11 is 0. The van der Waals surface area contributed by atoms with E-state index in [4.69, 9.17) is 5.11 Å². The summed E-state index contributed by atoms with van der Waals surface area (Å²) in [6.45, 7) is 1.95. The van der Waals surface area contributed by atoms with Crippen molar-refractivity contribution >= 4 is 28.2 Å². The summed E-state index contributed by atoms with van der Waals surface area (Å²) in [5.74, 6) is -0.158. The molecule has 0 saturated heterocycles. The number of pyridine rings is 1. The van der Waals surface area contributed by atoms with Gasteiger partial charge in [-0.25, -0.2) is 9.78 Å². The van der Waals surface area contributed by atoms with Crippen LogP contribution < -0.4 is 5.32 Å². The van der Waals surface area contributed by atoms with E-state index in [9.17, 15) is 4.79 Å². The van der Waals surface area contributed by atoms with Crippen molar-refractivity contribution in [1.82, 2.24) is 4.98 Å². The first-order chi connectivity index (χ1) is 10.1. The molecule has 0 bridgehead atoms. The summed E-state index contributed by atoms with van der Waals surface area (Å²) in [6, 6.07) is 16.7. The Bertz CT molecular complexity index is 811. The molecule has 3 aromatic rings. The number of aryl methyl sites for hydroxylation is 1. The second kappa shape index (κ2) is 5.25. The molecule has 1 heterocycles. The predicted molar refractivity (Wildman–Crippen MR) is 83.2 cm³/mol. The molecule has 0 spiro atoms. The van der Waals surface area contributed by atoms with Crippen LogP contribution >= 0.6 is 0 Å².